The van der Waals surface area contributed by atoms with Crippen molar-refractivity contribution in [2.45, 2.75) is 18.9 Å². The van der Waals surface area contributed by atoms with Crippen LogP contribution in [0.2, 0.25) is 10.5 Å². The molecule has 0 nitrogen and oxygen atoms in total. The standard InChI is InChI=1S/2C9H7.2CH3.2ClH.H2Si.Ti/c2*1-2-5-9-7-3-6-8(9)4-1;;;;;;/h2*1-7H;2*1H3;2*1H;1H2;. The van der Waals surface area contributed by atoms with Crippen LogP contribution in [0.25, 0.3) is 12.2 Å². The van der Waals surface area contributed by atoms with Gasteiger partial charge in [0, 0.05) is 0 Å². The van der Waals surface area contributed by atoms with Crippen LogP contribution in [0.4, 0.5) is 0 Å². The Kier molecular flexibility index (Phi) is 5.45. The summed E-state index contributed by atoms with van der Waals surface area (Å²) in [5.41, 5.74) is 5.96. The first kappa shape index (κ1) is 19.8. The first-order chi connectivity index (χ1) is 10.5. The minimum atomic E-state index is -2.78. The molecule has 24 heavy (non-hydrogen) atoms. The summed E-state index contributed by atoms with van der Waals surface area (Å²) in [5, 5.41) is 5.26. The quantitative estimate of drug-likeness (QED) is 0.557. The molecular weight excluding hydrogens is 387 g/mol. The molecule has 0 bridgehead atoms. The first-order valence-corrected chi connectivity index (χ1v) is 17.0. The molecule has 126 valence electrons. The van der Waals surface area contributed by atoms with Crippen LogP contribution in [0.3, 0.4) is 0 Å². The fourth-order valence-corrected chi connectivity index (χ4v) is 14.2. The fraction of sp³-hybridized carbons (Fsp3) is 0.200. The van der Waals surface area contributed by atoms with Crippen molar-refractivity contribution in [2.24, 2.45) is 0 Å². The topological polar surface area (TPSA) is 0 Å². The van der Waals surface area contributed by atoms with E-state index in [4.69, 9.17) is 0 Å². The second-order valence-electron chi connectivity index (χ2n) is 7.87. The summed E-state index contributed by atoms with van der Waals surface area (Å²) in [6.45, 7) is 0. The Morgan fingerprint density at radius 2 is 1.08 bits per heavy atom. The van der Waals surface area contributed by atoms with Gasteiger partial charge in [0.2, 0.25) is 0 Å². The minimum absolute atomic E-state index is 0. The Morgan fingerprint density at radius 1 is 0.708 bits per heavy atom. The van der Waals surface area contributed by atoms with Gasteiger partial charge in [-0.1, -0.05) is 0 Å². The van der Waals surface area contributed by atoms with Gasteiger partial charge in [-0.05, 0) is 0 Å². The Morgan fingerprint density at radius 3 is 1.50 bits per heavy atom. The van der Waals surface area contributed by atoms with Gasteiger partial charge in [0.15, 0.2) is 0 Å². The second-order valence-corrected chi connectivity index (χ2v) is 28.2. The molecule has 2 aliphatic carbocycles. The molecule has 2 unspecified atom stereocenters. The van der Waals surface area contributed by atoms with Gasteiger partial charge in [0.25, 0.3) is 0 Å². The van der Waals surface area contributed by atoms with Crippen molar-refractivity contribution >= 4 is 44.6 Å². The average Bonchev–Trinajstić information content (AvgIpc) is 3.12. The molecule has 0 saturated carbocycles. The Hall–Kier alpha value is -0.569. The molecule has 0 heterocycles. The van der Waals surface area contributed by atoms with Gasteiger partial charge >= 0.3 is 136 Å². The third-order valence-electron chi connectivity index (χ3n) is 5.64. The van der Waals surface area contributed by atoms with Gasteiger partial charge in [-0.2, -0.15) is 0 Å². The number of hydrogen-bond acceptors (Lipinski definition) is 0. The van der Waals surface area contributed by atoms with Crippen LogP contribution in [0.15, 0.2) is 60.7 Å². The number of rotatable bonds is 2. The summed E-state index contributed by atoms with van der Waals surface area (Å²) in [7, 11) is 2.36. The van der Waals surface area contributed by atoms with Crippen LogP contribution in [0.5, 0.6) is 0 Å². The van der Waals surface area contributed by atoms with Crippen molar-refractivity contribution in [3.8, 4) is 0 Å². The van der Waals surface area contributed by atoms with Crippen LogP contribution >= 0.6 is 24.8 Å². The van der Waals surface area contributed by atoms with Crippen LogP contribution in [0.1, 0.15) is 30.7 Å². The van der Waals surface area contributed by atoms with Gasteiger partial charge in [0.1, 0.15) is 0 Å². The summed E-state index contributed by atoms with van der Waals surface area (Å²) in [6.07, 6.45) is 9.66. The summed E-state index contributed by atoms with van der Waals surface area (Å²) in [5.74, 6) is 0. The Bertz CT molecular complexity index is 825. The van der Waals surface area contributed by atoms with E-state index in [0.717, 1.165) is 0 Å². The summed E-state index contributed by atoms with van der Waals surface area (Å²) >= 11 is -2.78. The van der Waals surface area contributed by atoms with E-state index in [0.29, 0.717) is 8.45 Å². The normalized spacial score (nSPS) is 20.8. The number of allylic oxidation sites excluding steroid dienone is 2. The molecule has 0 amide bonds. The molecule has 2 atom stereocenters. The predicted octanol–water partition coefficient (Wildman–Crippen LogP) is 5.70. The SMILES string of the molecule is Cl.Cl.[CH3][Ti]([CH3])(=[SiH2])([CH]1C=Cc2ccccc21)[CH]1C=Cc2ccccc21. The van der Waals surface area contributed by atoms with E-state index < -0.39 is 14.0 Å². The van der Waals surface area contributed by atoms with Crippen LogP contribution in [-0.4, -0.2) is 7.63 Å². The maximum absolute atomic E-state index is 2.78. The van der Waals surface area contributed by atoms with E-state index in [-0.39, 0.29) is 24.8 Å². The molecule has 2 aliphatic rings. The van der Waals surface area contributed by atoms with Gasteiger partial charge in [-0.3, -0.25) is 0 Å². The predicted molar refractivity (Wildman–Crippen MR) is 111 cm³/mol. The molecule has 0 saturated heterocycles. The molecule has 2 aromatic carbocycles. The van der Waals surface area contributed by atoms with Crippen molar-refractivity contribution in [3.63, 3.8) is 0 Å². The van der Waals surface area contributed by atoms with E-state index in [1.54, 1.807) is 11.1 Å². The zero-order valence-electron chi connectivity index (χ0n) is 14.1. The third kappa shape index (κ3) is 2.91. The zero-order valence-corrected chi connectivity index (χ0v) is 18.7. The summed E-state index contributed by atoms with van der Waals surface area (Å²) in [6, 6.07) is 17.9. The number of hydrogen-bond donors (Lipinski definition) is 0. The molecular formula is C20H24Cl2SiTi. The fourth-order valence-electron chi connectivity index (χ4n) is 4.35. The van der Waals surface area contributed by atoms with Crippen molar-refractivity contribution < 1.29 is 14.0 Å². The van der Waals surface area contributed by atoms with E-state index in [9.17, 15) is 0 Å². The molecule has 0 spiro atoms. The summed E-state index contributed by atoms with van der Waals surface area (Å²) in [4.78, 5) is 0. The average molecular weight is 411 g/mol. The monoisotopic (exact) mass is 410 g/mol. The second kappa shape index (κ2) is 6.63. The van der Waals surface area contributed by atoms with Crippen LogP contribution in [0, 0.1) is 0 Å². The van der Waals surface area contributed by atoms with Gasteiger partial charge in [-0.15, -0.1) is 24.8 Å². The molecule has 2 aromatic rings. The van der Waals surface area contributed by atoms with Crippen molar-refractivity contribution in [3.05, 3.63) is 82.9 Å². The van der Waals surface area contributed by atoms with Crippen molar-refractivity contribution in [1.29, 1.82) is 0 Å². The van der Waals surface area contributed by atoms with Gasteiger partial charge in [0.05, 0.1) is 0 Å². The number of halogens is 2. The molecule has 0 N–H and O–H groups in total. The van der Waals surface area contributed by atoms with E-state index in [1.807, 2.05) is 0 Å². The molecule has 4 rings (SSSR count). The third-order valence-corrected chi connectivity index (χ3v) is 17.2. The Balaban J connectivity index is 0.00000104. The van der Waals surface area contributed by atoms with Crippen molar-refractivity contribution in [1.82, 2.24) is 0 Å². The Labute approximate surface area is 159 Å². The van der Waals surface area contributed by atoms with Crippen LogP contribution < -0.4 is 0 Å². The molecule has 0 fully saturated rings. The maximum atomic E-state index is 2.63. The number of benzene rings is 2. The van der Waals surface area contributed by atoms with Gasteiger partial charge in [-0.25, -0.2) is 0 Å². The summed E-state index contributed by atoms with van der Waals surface area (Å²) < 4.78 is 1.26. The van der Waals surface area contributed by atoms with E-state index in [2.05, 4.69) is 90.9 Å². The molecule has 0 aliphatic heterocycles. The van der Waals surface area contributed by atoms with E-state index >= 15 is 0 Å². The molecule has 4 heteroatoms. The van der Waals surface area contributed by atoms with Crippen molar-refractivity contribution in [2.75, 3.05) is 0 Å². The van der Waals surface area contributed by atoms with Gasteiger partial charge < -0.3 is 0 Å². The molecule has 0 radical (unpaired) electrons. The van der Waals surface area contributed by atoms with E-state index in [1.165, 1.54) is 11.1 Å². The number of fused-ring (bicyclic) bond motifs is 2. The first-order valence-electron chi connectivity index (χ1n) is 8.07. The zero-order chi connectivity index (χ0) is 15.4. The van der Waals surface area contributed by atoms with Crippen LogP contribution in [-0.2, 0) is 14.0 Å². The molecule has 0 aromatic heterocycles.